The first-order valence-corrected chi connectivity index (χ1v) is 28.6. The van der Waals surface area contributed by atoms with Crippen molar-refractivity contribution >= 4 is 116 Å². The zero-order chi connectivity index (χ0) is 50.6. The second-order valence-corrected chi connectivity index (χ2v) is 24.2. The summed E-state index contributed by atoms with van der Waals surface area (Å²) in [5, 5.41) is 15.2. The number of fused-ring (bicyclic) bond motifs is 12. The van der Waals surface area contributed by atoms with E-state index in [1.807, 2.05) is 0 Å². The van der Waals surface area contributed by atoms with E-state index in [2.05, 4.69) is 309 Å². The lowest BCUT2D eigenvalue weighted by Gasteiger charge is -2.34. The van der Waals surface area contributed by atoms with Crippen molar-refractivity contribution in [1.29, 1.82) is 0 Å². The highest BCUT2D eigenvalue weighted by Gasteiger charge is 2.41. The molecule has 0 amide bonds. The van der Waals surface area contributed by atoms with Crippen LogP contribution in [0, 0.1) is 0 Å². The van der Waals surface area contributed by atoms with Crippen LogP contribution in [-0.4, -0.2) is 26.3 Å². The van der Waals surface area contributed by atoms with Crippen LogP contribution in [0.15, 0.2) is 291 Å². The van der Waals surface area contributed by atoms with Crippen molar-refractivity contribution in [3.05, 3.63) is 291 Å². The van der Waals surface area contributed by atoms with Crippen LogP contribution in [0.1, 0.15) is 0 Å². The Bertz CT molecular complexity index is 4780. The first-order chi connectivity index (χ1) is 38.2. The molecular weight excluding hydrogens is 949 g/mol. The SMILES string of the molecule is c1ccc([Si](c2ccccc2)(c2ccccc2)c2cccc(-n3c4ccccc4c4cc(-n5c6ccc(-n7c8ccccc8c8ccccc87)cc6c6ccc(-n7c8ccccc8c8ccccc87)cc65)ccc43)c2)cc1. The third-order valence-electron chi connectivity index (χ3n) is 16.5. The van der Waals surface area contributed by atoms with E-state index < -0.39 is 8.07 Å². The topological polar surface area (TPSA) is 19.7 Å². The van der Waals surface area contributed by atoms with Crippen LogP contribution < -0.4 is 20.7 Å². The highest BCUT2D eigenvalue weighted by molar-refractivity contribution is 7.19. The van der Waals surface area contributed by atoms with Gasteiger partial charge in [-0.15, -0.1) is 0 Å². The largest absolute Gasteiger partial charge is 0.309 e. The number of hydrogen-bond donors (Lipinski definition) is 0. The minimum Gasteiger partial charge on any atom is -0.309 e. The van der Waals surface area contributed by atoms with Gasteiger partial charge in [0.2, 0.25) is 0 Å². The van der Waals surface area contributed by atoms with Crippen molar-refractivity contribution in [2.45, 2.75) is 0 Å². The van der Waals surface area contributed by atoms with Crippen LogP contribution >= 0.6 is 0 Å². The van der Waals surface area contributed by atoms with Gasteiger partial charge in [-0.05, 0) is 112 Å². The van der Waals surface area contributed by atoms with Crippen molar-refractivity contribution < 1.29 is 0 Å². The standard InChI is InChI=1S/C72H48N4Si/c1-4-22-53(23-5-1)77(54-24-6-2-7-25-54,55-26-8-3-9-27-55)56-28-20-21-49(45-56)73-69-38-19-14-33-61(69)63-47-51(41-43-70(63)73)76-71-44-40-50(74-65-34-15-10-29-57(65)58-30-11-16-35-66(58)74)46-64(71)62-42-39-52(48-72(62)76)75-67-36-17-12-31-59(67)60-32-13-18-37-68(60)75/h1-48H. The van der Waals surface area contributed by atoms with E-state index in [4.69, 9.17) is 0 Å². The smallest absolute Gasteiger partial charge is 0.179 e. The Labute approximate surface area is 445 Å². The van der Waals surface area contributed by atoms with Gasteiger partial charge in [0.05, 0.1) is 44.1 Å². The molecule has 0 atom stereocenters. The quantitative estimate of drug-likeness (QED) is 0.107. The Morgan fingerprint density at radius 1 is 0.169 bits per heavy atom. The average molecular weight is 997 g/mol. The Morgan fingerprint density at radius 3 is 0.870 bits per heavy atom. The maximum atomic E-state index is 2.50. The number of rotatable bonds is 8. The molecule has 0 radical (unpaired) electrons. The molecule has 0 saturated carbocycles. The molecule has 4 aromatic heterocycles. The summed E-state index contributed by atoms with van der Waals surface area (Å²) in [6.07, 6.45) is 0. The van der Waals surface area contributed by atoms with Gasteiger partial charge in [-0.1, -0.05) is 200 Å². The van der Waals surface area contributed by atoms with E-state index >= 15 is 0 Å². The predicted molar refractivity (Wildman–Crippen MR) is 327 cm³/mol. The lowest BCUT2D eigenvalue weighted by molar-refractivity contribution is 1.15. The fraction of sp³-hybridized carbons (Fsp3) is 0. The van der Waals surface area contributed by atoms with Gasteiger partial charge in [-0.2, -0.15) is 0 Å². The summed E-state index contributed by atoms with van der Waals surface area (Å²) in [7, 11) is -2.80. The van der Waals surface area contributed by atoms with Crippen LogP contribution in [0.2, 0.25) is 0 Å². The summed E-state index contributed by atoms with van der Waals surface area (Å²) >= 11 is 0. The molecule has 0 fully saturated rings. The van der Waals surface area contributed by atoms with E-state index in [1.54, 1.807) is 0 Å². The van der Waals surface area contributed by atoms with Gasteiger partial charge in [-0.3, -0.25) is 0 Å². The molecule has 16 aromatic rings. The molecule has 0 saturated heterocycles. The van der Waals surface area contributed by atoms with Gasteiger partial charge in [0, 0.05) is 65.8 Å². The Balaban J connectivity index is 0.935. The molecule has 0 spiro atoms. The number of para-hydroxylation sites is 5. The highest BCUT2D eigenvalue weighted by atomic mass is 28.3. The zero-order valence-electron chi connectivity index (χ0n) is 42.0. The number of nitrogens with zero attached hydrogens (tertiary/aromatic N) is 4. The van der Waals surface area contributed by atoms with Gasteiger partial charge in [0.25, 0.3) is 0 Å². The summed E-state index contributed by atoms with van der Waals surface area (Å²) in [5.74, 6) is 0. The van der Waals surface area contributed by atoms with E-state index in [0.29, 0.717) is 0 Å². The molecule has 360 valence electrons. The Hall–Kier alpha value is -9.94. The number of aromatic nitrogens is 4. The molecule has 0 N–H and O–H groups in total. The van der Waals surface area contributed by atoms with Crippen LogP contribution in [0.4, 0.5) is 0 Å². The zero-order valence-corrected chi connectivity index (χ0v) is 43.0. The summed E-state index contributed by atoms with van der Waals surface area (Å²) in [6.45, 7) is 0. The van der Waals surface area contributed by atoms with Crippen LogP contribution in [0.5, 0.6) is 0 Å². The molecule has 0 aliphatic rings. The van der Waals surface area contributed by atoms with Crippen molar-refractivity contribution in [3.8, 4) is 22.7 Å². The molecule has 12 aromatic carbocycles. The molecular formula is C72H48N4Si. The maximum Gasteiger partial charge on any atom is 0.179 e. The fourth-order valence-corrected chi connectivity index (χ4v) is 18.1. The van der Waals surface area contributed by atoms with Crippen LogP contribution in [-0.2, 0) is 0 Å². The van der Waals surface area contributed by atoms with Crippen LogP contribution in [0.25, 0.3) is 110 Å². The molecule has 5 heteroatoms. The van der Waals surface area contributed by atoms with Crippen molar-refractivity contribution in [2.24, 2.45) is 0 Å². The molecule has 16 rings (SSSR count). The molecule has 0 aliphatic heterocycles. The van der Waals surface area contributed by atoms with Gasteiger partial charge < -0.3 is 18.3 Å². The monoisotopic (exact) mass is 996 g/mol. The highest BCUT2D eigenvalue weighted by Crippen LogP contribution is 2.41. The minimum atomic E-state index is -2.80. The van der Waals surface area contributed by atoms with E-state index in [9.17, 15) is 0 Å². The Morgan fingerprint density at radius 2 is 0.455 bits per heavy atom. The summed E-state index contributed by atoms with van der Waals surface area (Å²) in [6, 6.07) is 108. The molecule has 0 aliphatic carbocycles. The third kappa shape index (κ3) is 6.38. The fourth-order valence-electron chi connectivity index (χ4n) is 13.3. The van der Waals surface area contributed by atoms with Crippen molar-refractivity contribution in [1.82, 2.24) is 18.3 Å². The lowest BCUT2D eigenvalue weighted by Crippen LogP contribution is -2.74. The normalized spacial score (nSPS) is 12.2. The average Bonchev–Trinajstić information content (AvgIpc) is 4.33. The molecule has 4 heterocycles. The second kappa shape index (κ2) is 17.0. The second-order valence-electron chi connectivity index (χ2n) is 20.4. The summed E-state index contributed by atoms with van der Waals surface area (Å²) in [5.41, 5.74) is 14.0. The lowest BCUT2D eigenvalue weighted by atomic mass is 10.1. The predicted octanol–water partition coefficient (Wildman–Crippen LogP) is 15.5. The number of benzene rings is 12. The van der Waals surface area contributed by atoms with Gasteiger partial charge in [0.15, 0.2) is 8.07 Å². The maximum absolute atomic E-state index is 2.80. The molecule has 77 heavy (non-hydrogen) atoms. The van der Waals surface area contributed by atoms with E-state index in [1.165, 1.54) is 96.9 Å². The van der Waals surface area contributed by atoms with Crippen molar-refractivity contribution in [2.75, 3.05) is 0 Å². The first-order valence-electron chi connectivity index (χ1n) is 26.6. The minimum absolute atomic E-state index is 1.11. The molecule has 4 nitrogen and oxygen atoms in total. The Kier molecular flexibility index (Phi) is 9.62. The van der Waals surface area contributed by atoms with E-state index in [-0.39, 0.29) is 0 Å². The van der Waals surface area contributed by atoms with E-state index in [0.717, 1.165) is 33.8 Å². The first kappa shape index (κ1) is 43.5. The summed E-state index contributed by atoms with van der Waals surface area (Å²) in [4.78, 5) is 0. The van der Waals surface area contributed by atoms with Crippen LogP contribution in [0.3, 0.4) is 0 Å². The third-order valence-corrected chi connectivity index (χ3v) is 21.3. The van der Waals surface area contributed by atoms with Gasteiger partial charge >= 0.3 is 0 Å². The summed E-state index contributed by atoms with van der Waals surface area (Å²) < 4.78 is 9.86. The van der Waals surface area contributed by atoms with Gasteiger partial charge in [-0.25, -0.2) is 0 Å². The molecule has 0 bridgehead atoms. The van der Waals surface area contributed by atoms with Gasteiger partial charge in [0.1, 0.15) is 0 Å². The molecule has 0 unspecified atom stereocenters. The number of hydrogen-bond acceptors (Lipinski definition) is 0. The van der Waals surface area contributed by atoms with Crippen molar-refractivity contribution in [3.63, 3.8) is 0 Å².